The zero-order valence-corrected chi connectivity index (χ0v) is 17.4. The molecule has 0 spiro atoms. The molecule has 4 rings (SSSR count). The van der Waals surface area contributed by atoms with Gasteiger partial charge >= 0.3 is 0 Å². The fourth-order valence-electron chi connectivity index (χ4n) is 3.39. The molecule has 1 heterocycles. The highest BCUT2D eigenvalue weighted by Crippen LogP contribution is 2.33. The van der Waals surface area contributed by atoms with Crippen LogP contribution in [0.5, 0.6) is 0 Å². The van der Waals surface area contributed by atoms with Gasteiger partial charge in [0, 0.05) is 17.1 Å². The molecule has 0 unspecified atom stereocenters. The van der Waals surface area contributed by atoms with Crippen LogP contribution >= 0.6 is 0 Å². The molecule has 1 N–H and O–H groups in total. The van der Waals surface area contributed by atoms with Gasteiger partial charge in [0.1, 0.15) is 11.5 Å². The van der Waals surface area contributed by atoms with Gasteiger partial charge < -0.3 is 9.32 Å². The minimum absolute atomic E-state index is 0.290. The maximum atomic E-state index is 12.2. The molecule has 0 fully saturated rings. The van der Waals surface area contributed by atoms with E-state index in [-0.39, 0.29) is 5.91 Å². The number of nitrogens with one attached hydrogen (secondary N) is 1. The molecule has 0 aliphatic rings. The van der Waals surface area contributed by atoms with Crippen LogP contribution in [0.25, 0.3) is 0 Å². The summed E-state index contributed by atoms with van der Waals surface area (Å²) < 4.78 is 5.39. The van der Waals surface area contributed by atoms with Crippen molar-refractivity contribution in [3.8, 4) is 0 Å². The summed E-state index contributed by atoms with van der Waals surface area (Å²) in [6.45, 7) is 3.57. The maximum Gasteiger partial charge on any atom is 0.274 e. The Balaban J connectivity index is 1.51. The Morgan fingerprint density at radius 3 is 1.90 bits per heavy atom. The first kappa shape index (κ1) is 20.2. The van der Waals surface area contributed by atoms with Crippen molar-refractivity contribution in [2.75, 3.05) is 4.90 Å². The van der Waals surface area contributed by atoms with E-state index in [1.807, 2.05) is 67.6 Å². The minimum atomic E-state index is -0.290. The molecule has 0 atom stereocenters. The summed E-state index contributed by atoms with van der Waals surface area (Å²) in [5, 5.41) is 4.08. The predicted octanol–water partition coefficient (Wildman–Crippen LogP) is 6.13. The molecular formula is C26H23N3O2. The Hall–Kier alpha value is -4.12. The molecule has 154 valence electrons. The minimum Gasteiger partial charge on any atom is -0.466 e. The normalized spacial score (nSPS) is 10.9. The highest BCUT2D eigenvalue weighted by molar-refractivity contribution is 5.96. The van der Waals surface area contributed by atoms with Crippen molar-refractivity contribution in [2.45, 2.75) is 13.8 Å². The lowest BCUT2D eigenvalue weighted by molar-refractivity contribution is 0.0953. The molecule has 4 aromatic rings. The third kappa shape index (κ3) is 4.73. The standard InChI is InChI=1S/C26H23N3O2/c1-19-17-25(20(2)31-19)26(30)28-27-18-21-13-15-24(16-14-21)29(22-9-5-3-6-10-22)23-11-7-4-8-12-23/h3-18H,1-2H3,(H,28,30). The fourth-order valence-corrected chi connectivity index (χ4v) is 3.39. The molecule has 5 heteroatoms. The molecule has 5 nitrogen and oxygen atoms in total. The quantitative estimate of drug-likeness (QED) is 0.308. The van der Waals surface area contributed by atoms with Gasteiger partial charge in [-0.05, 0) is 61.9 Å². The molecule has 1 aromatic heterocycles. The topological polar surface area (TPSA) is 57.8 Å². The van der Waals surface area contributed by atoms with Gasteiger partial charge in [0.2, 0.25) is 0 Å². The van der Waals surface area contributed by atoms with Gasteiger partial charge in [-0.1, -0.05) is 48.5 Å². The van der Waals surface area contributed by atoms with Crippen LogP contribution in [0.3, 0.4) is 0 Å². The second-order valence-corrected chi connectivity index (χ2v) is 7.12. The van der Waals surface area contributed by atoms with Crippen LogP contribution in [0.2, 0.25) is 0 Å². The number of furan rings is 1. The van der Waals surface area contributed by atoms with Crippen LogP contribution in [0.4, 0.5) is 17.1 Å². The van der Waals surface area contributed by atoms with Crippen LogP contribution in [-0.2, 0) is 0 Å². The first-order chi connectivity index (χ1) is 15.1. The fraction of sp³-hybridized carbons (Fsp3) is 0.0769. The first-order valence-corrected chi connectivity index (χ1v) is 10.0. The summed E-state index contributed by atoms with van der Waals surface area (Å²) in [5.41, 5.74) is 7.11. The lowest BCUT2D eigenvalue weighted by atomic mass is 10.1. The van der Waals surface area contributed by atoms with Crippen LogP contribution in [0, 0.1) is 13.8 Å². The number of para-hydroxylation sites is 2. The van der Waals surface area contributed by atoms with E-state index in [2.05, 4.69) is 39.7 Å². The zero-order chi connectivity index (χ0) is 21.6. The van der Waals surface area contributed by atoms with Gasteiger partial charge in [0.05, 0.1) is 11.8 Å². The molecule has 31 heavy (non-hydrogen) atoms. The Labute approximate surface area is 181 Å². The molecule has 1 amide bonds. The number of hydrogen-bond acceptors (Lipinski definition) is 4. The molecule has 0 bridgehead atoms. The monoisotopic (exact) mass is 409 g/mol. The van der Waals surface area contributed by atoms with Gasteiger partial charge in [0.15, 0.2) is 0 Å². The van der Waals surface area contributed by atoms with E-state index < -0.39 is 0 Å². The highest BCUT2D eigenvalue weighted by Gasteiger charge is 2.13. The molecular weight excluding hydrogens is 386 g/mol. The smallest absolute Gasteiger partial charge is 0.274 e. The van der Waals surface area contributed by atoms with Crippen LogP contribution in [0.1, 0.15) is 27.4 Å². The zero-order valence-electron chi connectivity index (χ0n) is 17.4. The number of rotatable bonds is 6. The number of anilines is 3. The Morgan fingerprint density at radius 2 is 1.39 bits per heavy atom. The summed E-state index contributed by atoms with van der Waals surface area (Å²) in [6, 6.07) is 30.2. The molecule has 0 saturated heterocycles. The number of amides is 1. The molecule has 0 aliphatic carbocycles. The average molecular weight is 409 g/mol. The summed E-state index contributed by atoms with van der Waals surface area (Å²) in [7, 11) is 0. The largest absolute Gasteiger partial charge is 0.466 e. The number of hydrogen-bond donors (Lipinski definition) is 1. The van der Waals surface area contributed by atoms with Gasteiger partial charge in [0.25, 0.3) is 5.91 Å². The third-order valence-corrected chi connectivity index (χ3v) is 4.85. The number of hydrazone groups is 1. The van der Waals surface area contributed by atoms with Crippen molar-refractivity contribution in [3.05, 3.63) is 114 Å². The van der Waals surface area contributed by atoms with Crippen molar-refractivity contribution in [2.24, 2.45) is 5.10 Å². The van der Waals surface area contributed by atoms with E-state index >= 15 is 0 Å². The van der Waals surface area contributed by atoms with Crippen molar-refractivity contribution in [1.82, 2.24) is 5.43 Å². The average Bonchev–Trinajstić information content (AvgIpc) is 3.14. The van der Waals surface area contributed by atoms with Crippen LogP contribution in [0.15, 0.2) is 101 Å². The molecule has 0 radical (unpaired) electrons. The Morgan fingerprint density at radius 1 is 0.839 bits per heavy atom. The second kappa shape index (κ2) is 9.13. The molecule has 0 saturated carbocycles. The van der Waals surface area contributed by atoms with Gasteiger partial charge in [-0.2, -0.15) is 5.10 Å². The van der Waals surface area contributed by atoms with Gasteiger partial charge in [-0.25, -0.2) is 5.43 Å². The van der Waals surface area contributed by atoms with E-state index in [4.69, 9.17) is 4.42 Å². The summed E-state index contributed by atoms with van der Waals surface area (Å²) in [6.07, 6.45) is 1.62. The SMILES string of the molecule is Cc1cc(C(=O)NN=Cc2ccc(N(c3ccccc3)c3ccccc3)cc2)c(C)o1. The molecule has 0 aliphatic heterocycles. The van der Waals surface area contributed by atoms with Crippen molar-refractivity contribution in [3.63, 3.8) is 0 Å². The highest BCUT2D eigenvalue weighted by atomic mass is 16.3. The van der Waals surface area contributed by atoms with E-state index in [0.717, 1.165) is 22.6 Å². The number of carbonyl (C=O) groups is 1. The van der Waals surface area contributed by atoms with Crippen LogP contribution in [-0.4, -0.2) is 12.1 Å². The summed E-state index contributed by atoms with van der Waals surface area (Å²) in [4.78, 5) is 14.4. The summed E-state index contributed by atoms with van der Waals surface area (Å²) in [5.74, 6) is 0.988. The van der Waals surface area contributed by atoms with Crippen molar-refractivity contribution >= 4 is 29.2 Å². The second-order valence-electron chi connectivity index (χ2n) is 7.12. The van der Waals surface area contributed by atoms with E-state index in [1.165, 1.54) is 0 Å². The molecule has 3 aromatic carbocycles. The first-order valence-electron chi connectivity index (χ1n) is 10.0. The van der Waals surface area contributed by atoms with Crippen molar-refractivity contribution < 1.29 is 9.21 Å². The van der Waals surface area contributed by atoms with E-state index in [1.54, 1.807) is 19.2 Å². The van der Waals surface area contributed by atoms with Gasteiger partial charge in [-0.15, -0.1) is 0 Å². The number of benzene rings is 3. The third-order valence-electron chi connectivity index (χ3n) is 4.85. The maximum absolute atomic E-state index is 12.2. The Bertz CT molecular complexity index is 1140. The predicted molar refractivity (Wildman–Crippen MR) is 124 cm³/mol. The number of aryl methyl sites for hydroxylation is 2. The number of nitrogens with zero attached hydrogens (tertiary/aromatic N) is 2. The van der Waals surface area contributed by atoms with Crippen LogP contribution < -0.4 is 10.3 Å². The van der Waals surface area contributed by atoms with Gasteiger partial charge in [-0.3, -0.25) is 4.79 Å². The Kier molecular flexibility index (Phi) is 5.94. The summed E-state index contributed by atoms with van der Waals surface area (Å²) >= 11 is 0. The number of carbonyl (C=O) groups excluding carboxylic acids is 1. The van der Waals surface area contributed by atoms with E-state index in [9.17, 15) is 4.79 Å². The lowest BCUT2D eigenvalue weighted by Gasteiger charge is -2.25. The van der Waals surface area contributed by atoms with Crippen molar-refractivity contribution in [1.29, 1.82) is 0 Å². The van der Waals surface area contributed by atoms with E-state index in [0.29, 0.717) is 17.1 Å². The lowest BCUT2D eigenvalue weighted by Crippen LogP contribution is -2.17.